The number of anilines is 1. The highest BCUT2D eigenvalue weighted by molar-refractivity contribution is 6.33. The Balaban J connectivity index is 2.61. The number of rotatable bonds is 5. The zero-order valence-corrected chi connectivity index (χ0v) is 11.4. The molecule has 0 atom stereocenters. The van der Waals surface area contributed by atoms with Crippen LogP contribution in [0.1, 0.15) is 25.8 Å². The summed E-state index contributed by atoms with van der Waals surface area (Å²) in [4.78, 5) is 0. The molecule has 0 aliphatic heterocycles. The monoisotopic (exact) mass is 258 g/mol. The maximum absolute atomic E-state index is 13.4. The van der Waals surface area contributed by atoms with Crippen LogP contribution in [0.5, 0.6) is 0 Å². The highest BCUT2D eigenvalue weighted by atomic mass is 35.5. The zero-order valence-electron chi connectivity index (χ0n) is 10.6. The second kappa shape index (κ2) is 5.69. The molecule has 0 aliphatic carbocycles. The minimum Gasteiger partial charge on any atom is -0.384 e. The Hall–Kier alpha value is -0.800. The Morgan fingerprint density at radius 3 is 2.65 bits per heavy atom. The zero-order chi connectivity index (χ0) is 13.1. The molecule has 3 N–H and O–H groups in total. The number of benzene rings is 1. The molecule has 0 bridgehead atoms. The van der Waals surface area contributed by atoms with E-state index in [0.717, 1.165) is 13.0 Å². The van der Waals surface area contributed by atoms with Crippen LogP contribution in [0.3, 0.4) is 0 Å². The van der Waals surface area contributed by atoms with E-state index in [1.54, 1.807) is 13.0 Å². The standard InChI is InChI=1S/C13H20ClFN2/c1-9-6-10(14)12(7-11(9)15)17-5-4-13(2,3)8-16/h6-7,17H,4-5,8,16H2,1-3H3. The summed E-state index contributed by atoms with van der Waals surface area (Å²) in [5.41, 5.74) is 6.93. The molecule has 0 fully saturated rings. The molecular formula is C13H20ClFN2. The van der Waals surface area contributed by atoms with Crippen molar-refractivity contribution in [3.8, 4) is 0 Å². The third kappa shape index (κ3) is 4.17. The first kappa shape index (κ1) is 14.3. The predicted molar refractivity (Wildman–Crippen MR) is 72.1 cm³/mol. The van der Waals surface area contributed by atoms with E-state index in [9.17, 15) is 4.39 Å². The molecule has 1 aromatic carbocycles. The van der Waals surface area contributed by atoms with Crippen molar-refractivity contribution in [2.45, 2.75) is 27.2 Å². The first-order valence-electron chi connectivity index (χ1n) is 5.75. The molecule has 2 nitrogen and oxygen atoms in total. The van der Waals surface area contributed by atoms with Gasteiger partial charge in [0, 0.05) is 6.54 Å². The topological polar surface area (TPSA) is 38.0 Å². The summed E-state index contributed by atoms with van der Waals surface area (Å²) >= 11 is 6.03. The van der Waals surface area contributed by atoms with Crippen molar-refractivity contribution >= 4 is 17.3 Å². The third-order valence-electron chi connectivity index (χ3n) is 2.92. The molecule has 17 heavy (non-hydrogen) atoms. The average Bonchev–Trinajstić information content (AvgIpc) is 2.25. The van der Waals surface area contributed by atoms with E-state index in [-0.39, 0.29) is 11.2 Å². The van der Waals surface area contributed by atoms with E-state index in [1.807, 2.05) is 0 Å². The molecular weight excluding hydrogens is 239 g/mol. The van der Waals surface area contributed by atoms with Crippen LogP contribution >= 0.6 is 11.6 Å². The second-order valence-electron chi connectivity index (χ2n) is 5.13. The van der Waals surface area contributed by atoms with Crippen LogP contribution in [-0.2, 0) is 0 Å². The first-order chi connectivity index (χ1) is 7.85. The molecule has 0 aliphatic rings. The van der Waals surface area contributed by atoms with Crippen molar-refractivity contribution in [2.24, 2.45) is 11.1 Å². The van der Waals surface area contributed by atoms with Crippen molar-refractivity contribution in [1.82, 2.24) is 0 Å². The number of hydrogen-bond acceptors (Lipinski definition) is 2. The summed E-state index contributed by atoms with van der Waals surface area (Å²) in [5, 5.41) is 3.69. The van der Waals surface area contributed by atoms with Gasteiger partial charge in [-0.15, -0.1) is 0 Å². The molecule has 4 heteroatoms. The molecule has 0 aromatic heterocycles. The van der Waals surface area contributed by atoms with Crippen LogP contribution in [-0.4, -0.2) is 13.1 Å². The number of nitrogens with two attached hydrogens (primary N) is 1. The Morgan fingerprint density at radius 1 is 1.41 bits per heavy atom. The summed E-state index contributed by atoms with van der Waals surface area (Å²) < 4.78 is 13.4. The van der Waals surface area contributed by atoms with Gasteiger partial charge in [0.15, 0.2) is 0 Å². The SMILES string of the molecule is Cc1cc(Cl)c(NCCC(C)(C)CN)cc1F. The smallest absolute Gasteiger partial charge is 0.128 e. The van der Waals surface area contributed by atoms with Crippen molar-refractivity contribution < 1.29 is 4.39 Å². The molecule has 0 amide bonds. The van der Waals surface area contributed by atoms with Gasteiger partial charge in [-0.05, 0) is 43.0 Å². The van der Waals surface area contributed by atoms with Crippen molar-refractivity contribution in [2.75, 3.05) is 18.4 Å². The Kier molecular flexibility index (Phi) is 4.78. The van der Waals surface area contributed by atoms with E-state index in [0.29, 0.717) is 22.8 Å². The Bertz CT molecular complexity index is 391. The number of aryl methyl sites for hydroxylation is 1. The van der Waals surface area contributed by atoms with E-state index >= 15 is 0 Å². The molecule has 0 unspecified atom stereocenters. The molecule has 0 heterocycles. The molecule has 0 saturated heterocycles. The maximum atomic E-state index is 13.4. The molecule has 96 valence electrons. The van der Waals surface area contributed by atoms with Gasteiger partial charge in [-0.2, -0.15) is 0 Å². The summed E-state index contributed by atoms with van der Waals surface area (Å²) in [6.45, 7) is 7.26. The third-order valence-corrected chi connectivity index (χ3v) is 3.23. The van der Waals surface area contributed by atoms with Gasteiger partial charge >= 0.3 is 0 Å². The second-order valence-corrected chi connectivity index (χ2v) is 5.53. The lowest BCUT2D eigenvalue weighted by atomic mass is 9.90. The van der Waals surface area contributed by atoms with Crippen LogP contribution < -0.4 is 11.1 Å². The van der Waals surface area contributed by atoms with Gasteiger partial charge in [-0.3, -0.25) is 0 Å². The summed E-state index contributed by atoms with van der Waals surface area (Å²) in [7, 11) is 0. The van der Waals surface area contributed by atoms with Crippen molar-refractivity contribution in [3.63, 3.8) is 0 Å². The number of hydrogen-bond donors (Lipinski definition) is 2. The Morgan fingerprint density at radius 2 is 2.06 bits per heavy atom. The quantitative estimate of drug-likeness (QED) is 0.847. The van der Waals surface area contributed by atoms with Gasteiger partial charge < -0.3 is 11.1 Å². The predicted octanol–water partition coefficient (Wildman–Crippen LogP) is 3.57. The fourth-order valence-corrected chi connectivity index (χ4v) is 1.70. The number of nitrogens with one attached hydrogen (secondary N) is 1. The Labute approximate surface area is 107 Å². The van der Waals surface area contributed by atoms with Crippen LogP contribution in [0.2, 0.25) is 5.02 Å². The largest absolute Gasteiger partial charge is 0.384 e. The fourth-order valence-electron chi connectivity index (χ4n) is 1.42. The lowest BCUT2D eigenvalue weighted by Crippen LogP contribution is -2.26. The average molecular weight is 259 g/mol. The van der Waals surface area contributed by atoms with E-state index in [2.05, 4.69) is 19.2 Å². The number of halogens is 2. The van der Waals surface area contributed by atoms with Gasteiger partial charge in [0.2, 0.25) is 0 Å². The van der Waals surface area contributed by atoms with Crippen LogP contribution in [0.15, 0.2) is 12.1 Å². The molecule has 1 rings (SSSR count). The van der Waals surface area contributed by atoms with E-state index < -0.39 is 0 Å². The first-order valence-corrected chi connectivity index (χ1v) is 6.13. The highest BCUT2D eigenvalue weighted by Crippen LogP contribution is 2.26. The normalized spacial score (nSPS) is 11.6. The van der Waals surface area contributed by atoms with Gasteiger partial charge in [0.1, 0.15) is 5.82 Å². The van der Waals surface area contributed by atoms with E-state index in [1.165, 1.54) is 6.07 Å². The highest BCUT2D eigenvalue weighted by Gasteiger charge is 2.15. The van der Waals surface area contributed by atoms with Crippen LogP contribution in [0, 0.1) is 18.2 Å². The van der Waals surface area contributed by atoms with E-state index in [4.69, 9.17) is 17.3 Å². The van der Waals surface area contributed by atoms with Crippen molar-refractivity contribution in [3.05, 3.63) is 28.5 Å². The lowest BCUT2D eigenvalue weighted by Gasteiger charge is -2.22. The summed E-state index contributed by atoms with van der Waals surface area (Å²) in [6, 6.07) is 3.07. The fraction of sp³-hybridized carbons (Fsp3) is 0.538. The van der Waals surface area contributed by atoms with Crippen LogP contribution in [0.4, 0.5) is 10.1 Å². The minimum atomic E-state index is -0.241. The van der Waals surface area contributed by atoms with Gasteiger partial charge in [0.25, 0.3) is 0 Å². The van der Waals surface area contributed by atoms with Crippen LogP contribution in [0.25, 0.3) is 0 Å². The van der Waals surface area contributed by atoms with Crippen molar-refractivity contribution in [1.29, 1.82) is 0 Å². The van der Waals surface area contributed by atoms with Gasteiger partial charge in [-0.1, -0.05) is 25.4 Å². The minimum absolute atomic E-state index is 0.0860. The maximum Gasteiger partial charge on any atom is 0.128 e. The molecule has 0 radical (unpaired) electrons. The molecule has 0 saturated carbocycles. The summed E-state index contributed by atoms with van der Waals surface area (Å²) in [5.74, 6) is -0.241. The van der Waals surface area contributed by atoms with Gasteiger partial charge in [0.05, 0.1) is 10.7 Å². The molecule has 0 spiro atoms. The lowest BCUT2D eigenvalue weighted by molar-refractivity contribution is 0.358. The van der Waals surface area contributed by atoms with Gasteiger partial charge in [-0.25, -0.2) is 4.39 Å². The molecule has 1 aromatic rings. The summed E-state index contributed by atoms with van der Waals surface area (Å²) in [6.07, 6.45) is 0.912.